The Labute approximate surface area is 329 Å². The Kier molecular flexibility index (Phi) is 19.2. The Morgan fingerprint density at radius 1 is 0.927 bits per heavy atom. The molecule has 2 rings (SSSR count). The number of ether oxygens (including phenoxy) is 4. The number of likely N-dealkylation sites (N-methyl/N-ethyl adjacent to an activating group) is 2. The SMILES string of the molecule is CC[C@H](C)[C@@H]([C@@H](CC(=O)N1C[C@H](OC)CC1[C@H](OC)[C@@H](C)C(=O)N[C@H](C)C(=N)c1cccc(OC)c1)OC)N(C)C(=O)[C@@H](NC(=O)[C@@H](NC)C(C)C)C(C)C. The van der Waals surface area contributed by atoms with Crippen molar-refractivity contribution < 1.29 is 38.1 Å². The number of carbonyl (C=O) groups excluding carboxylic acids is 4. The molecule has 312 valence electrons. The summed E-state index contributed by atoms with van der Waals surface area (Å²) in [5.41, 5.74) is 0.864. The van der Waals surface area contributed by atoms with E-state index in [1.807, 2.05) is 41.5 Å². The summed E-state index contributed by atoms with van der Waals surface area (Å²) in [6, 6.07) is 4.31. The molecule has 14 nitrogen and oxygen atoms in total. The van der Waals surface area contributed by atoms with Crippen molar-refractivity contribution in [3.05, 3.63) is 29.8 Å². The Balaban J connectivity index is 2.33. The molecule has 0 aromatic heterocycles. The molecule has 1 fully saturated rings. The van der Waals surface area contributed by atoms with Gasteiger partial charge in [0.2, 0.25) is 23.6 Å². The first-order valence-corrected chi connectivity index (χ1v) is 19.6. The minimum Gasteiger partial charge on any atom is -0.497 e. The summed E-state index contributed by atoms with van der Waals surface area (Å²) in [5, 5.41) is 17.7. The van der Waals surface area contributed by atoms with Gasteiger partial charge in [-0.15, -0.1) is 0 Å². The number of nitrogens with zero attached hydrogens (tertiary/aromatic N) is 2. The highest BCUT2D eigenvalue weighted by molar-refractivity contribution is 6.04. The van der Waals surface area contributed by atoms with E-state index in [2.05, 4.69) is 16.0 Å². The lowest BCUT2D eigenvalue weighted by molar-refractivity contribution is -0.148. The van der Waals surface area contributed by atoms with Crippen LogP contribution in [0.3, 0.4) is 0 Å². The lowest BCUT2D eigenvalue weighted by Crippen LogP contribution is -2.59. The smallest absolute Gasteiger partial charge is 0.245 e. The van der Waals surface area contributed by atoms with Gasteiger partial charge in [-0.2, -0.15) is 0 Å². The van der Waals surface area contributed by atoms with Crippen molar-refractivity contribution in [1.29, 1.82) is 5.41 Å². The fraction of sp³-hybridized carbons (Fsp3) is 0.732. The van der Waals surface area contributed by atoms with Gasteiger partial charge in [0.1, 0.15) is 11.8 Å². The molecule has 4 amide bonds. The molecule has 0 spiro atoms. The first kappa shape index (κ1) is 47.6. The molecule has 0 aliphatic carbocycles. The summed E-state index contributed by atoms with van der Waals surface area (Å²) in [6.45, 7) is 15.6. The van der Waals surface area contributed by atoms with Crippen LogP contribution in [0.4, 0.5) is 0 Å². The highest BCUT2D eigenvalue weighted by Crippen LogP contribution is 2.31. The fourth-order valence-electron chi connectivity index (χ4n) is 7.66. The van der Waals surface area contributed by atoms with Crippen molar-refractivity contribution in [3.8, 4) is 5.75 Å². The van der Waals surface area contributed by atoms with Crippen LogP contribution in [0.2, 0.25) is 0 Å². The van der Waals surface area contributed by atoms with E-state index in [1.54, 1.807) is 83.3 Å². The van der Waals surface area contributed by atoms with Crippen LogP contribution in [0, 0.1) is 29.1 Å². The lowest BCUT2D eigenvalue weighted by Gasteiger charge is -2.41. The number of likely N-dealkylation sites (tertiary alicyclic amines) is 1. The minimum atomic E-state index is -0.783. The zero-order valence-electron chi connectivity index (χ0n) is 35.7. The maximum absolute atomic E-state index is 14.4. The van der Waals surface area contributed by atoms with Gasteiger partial charge in [0.25, 0.3) is 0 Å². The first-order chi connectivity index (χ1) is 25.9. The van der Waals surface area contributed by atoms with Crippen LogP contribution in [-0.2, 0) is 33.4 Å². The Morgan fingerprint density at radius 3 is 2.07 bits per heavy atom. The van der Waals surface area contributed by atoms with Crippen molar-refractivity contribution in [2.45, 2.75) is 123 Å². The van der Waals surface area contributed by atoms with Gasteiger partial charge in [-0.1, -0.05) is 67.0 Å². The second-order valence-electron chi connectivity index (χ2n) is 15.6. The summed E-state index contributed by atoms with van der Waals surface area (Å²) in [5.74, 6) is -1.32. The standard InChI is InChI=1S/C41H70N6O8/c1-15-25(6)37(46(10)41(51)36(24(4)5)45-40(50)35(43-9)23(2)3)32(54-13)21-33(48)47-22-30(53-12)20-31(47)38(55-14)26(7)39(49)44-27(8)34(42)28-17-16-18-29(19-28)52-11/h16-19,23-27,30-32,35-38,42-43H,15,20-22H2,1-14H3,(H,44,49)(H,45,50)/t25-,26+,27+,30+,31?,32+,35-,36-,37-,38+/m0/s1. The second kappa shape index (κ2) is 22.2. The molecule has 1 saturated heterocycles. The van der Waals surface area contributed by atoms with Gasteiger partial charge >= 0.3 is 0 Å². The average molecular weight is 775 g/mol. The van der Waals surface area contributed by atoms with E-state index >= 15 is 0 Å². The van der Waals surface area contributed by atoms with Crippen LogP contribution >= 0.6 is 0 Å². The zero-order chi connectivity index (χ0) is 41.7. The topological polar surface area (TPSA) is 172 Å². The molecule has 0 bridgehead atoms. The van der Waals surface area contributed by atoms with Crippen molar-refractivity contribution in [2.75, 3.05) is 49.1 Å². The number of methoxy groups -OCH3 is 4. The number of rotatable bonds is 22. The molecule has 4 N–H and O–H groups in total. The molecule has 1 heterocycles. The van der Waals surface area contributed by atoms with E-state index < -0.39 is 48.3 Å². The number of nitrogens with one attached hydrogen (secondary N) is 4. The number of carbonyl (C=O) groups is 4. The molecular formula is C41H70N6O8. The molecule has 1 aromatic rings. The molecule has 1 aliphatic heterocycles. The summed E-state index contributed by atoms with van der Waals surface area (Å²) in [4.78, 5) is 58.8. The van der Waals surface area contributed by atoms with Gasteiger partial charge in [-0.3, -0.25) is 19.2 Å². The third-order valence-electron chi connectivity index (χ3n) is 11.3. The lowest BCUT2D eigenvalue weighted by atomic mass is 9.89. The van der Waals surface area contributed by atoms with E-state index in [1.165, 1.54) is 7.11 Å². The van der Waals surface area contributed by atoms with Gasteiger partial charge in [0.15, 0.2) is 0 Å². The molecule has 1 aromatic carbocycles. The maximum Gasteiger partial charge on any atom is 0.245 e. The van der Waals surface area contributed by atoms with E-state index in [9.17, 15) is 19.2 Å². The summed E-state index contributed by atoms with van der Waals surface area (Å²) in [7, 11) is 9.67. The molecule has 0 saturated carbocycles. The third-order valence-corrected chi connectivity index (χ3v) is 11.3. The Morgan fingerprint density at radius 2 is 1.56 bits per heavy atom. The van der Waals surface area contributed by atoms with Crippen LogP contribution < -0.4 is 20.7 Å². The predicted molar refractivity (Wildman–Crippen MR) is 214 cm³/mol. The van der Waals surface area contributed by atoms with Gasteiger partial charge in [0.05, 0.1) is 67.6 Å². The number of amides is 4. The highest BCUT2D eigenvalue weighted by atomic mass is 16.5. The van der Waals surface area contributed by atoms with E-state index in [-0.39, 0.29) is 59.6 Å². The summed E-state index contributed by atoms with van der Waals surface area (Å²) < 4.78 is 23.0. The largest absolute Gasteiger partial charge is 0.497 e. The van der Waals surface area contributed by atoms with Crippen molar-refractivity contribution >= 4 is 29.3 Å². The van der Waals surface area contributed by atoms with Gasteiger partial charge in [-0.05, 0) is 50.3 Å². The van der Waals surface area contributed by atoms with Crippen LogP contribution in [0.25, 0.3) is 0 Å². The zero-order valence-corrected chi connectivity index (χ0v) is 35.7. The number of hydrogen-bond donors (Lipinski definition) is 4. The molecule has 1 aliphatic rings. The highest BCUT2D eigenvalue weighted by Gasteiger charge is 2.45. The van der Waals surface area contributed by atoms with Crippen LogP contribution in [-0.4, -0.2) is 137 Å². The summed E-state index contributed by atoms with van der Waals surface area (Å²) in [6.07, 6.45) is -0.489. The Bertz CT molecular complexity index is 1420. The van der Waals surface area contributed by atoms with E-state index in [0.29, 0.717) is 30.7 Å². The van der Waals surface area contributed by atoms with Crippen molar-refractivity contribution in [2.24, 2.45) is 23.7 Å². The van der Waals surface area contributed by atoms with Crippen LogP contribution in [0.1, 0.15) is 80.2 Å². The normalized spacial score (nSPS) is 20.2. The maximum atomic E-state index is 14.4. The Hall–Kier alpha value is -3.59. The van der Waals surface area contributed by atoms with Gasteiger partial charge in [0, 0.05) is 40.5 Å². The predicted octanol–water partition coefficient (Wildman–Crippen LogP) is 3.50. The van der Waals surface area contributed by atoms with Crippen LogP contribution in [0.5, 0.6) is 5.75 Å². The average Bonchev–Trinajstić information content (AvgIpc) is 3.60. The molecule has 0 radical (unpaired) electrons. The van der Waals surface area contributed by atoms with Crippen molar-refractivity contribution in [3.63, 3.8) is 0 Å². The molecular weight excluding hydrogens is 704 g/mol. The fourth-order valence-corrected chi connectivity index (χ4v) is 7.66. The van der Waals surface area contributed by atoms with E-state index in [0.717, 1.165) is 0 Å². The first-order valence-electron chi connectivity index (χ1n) is 19.6. The van der Waals surface area contributed by atoms with Crippen LogP contribution in [0.15, 0.2) is 24.3 Å². The number of benzene rings is 1. The molecule has 14 heteroatoms. The number of hydrogen-bond acceptors (Lipinski definition) is 10. The van der Waals surface area contributed by atoms with Gasteiger partial charge < -0.3 is 50.1 Å². The van der Waals surface area contributed by atoms with Gasteiger partial charge in [-0.25, -0.2) is 0 Å². The minimum absolute atomic E-state index is 0.0208. The molecule has 1 unspecified atom stereocenters. The quantitative estimate of drug-likeness (QED) is 0.129. The monoisotopic (exact) mass is 775 g/mol. The second-order valence-corrected chi connectivity index (χ2v) is 15.6. The summed E-state index contributed by atoms with van der Waals surface area (Å²) >= 11 is 0. The molecule has 55 heavy (non-hydrogen) atoms. The van der Waals surface area contributed by atoms with E-state index in [4.69, 9.17) is 24.4 Å². The molecule has 10 atom stereocenters. The third kappa shape index (κ3) is 12.2. The van der Waals surface area contributed by atoms with Crippen molar-refractivity contribution in [1.82, 2.24) is 25.8 Å².